The number of hydrogen-bond acceptors (Lipinski definition) is 8. The van der Waals surface area contributed by atoms with Gasteiger partial charge < -0.3 is 27.9 Å². The summed E-state index contributed by atoms with van der Waals surface area (Å²) in [5.74, 6) is -0.806. The van der Waals surface area contributed by atoms with Crippen LogP contribution in [0, 0.1) is 0 Å². The molecule has 0 rings (SSSR count). The molecule has 0 aliphatic rings. The Morgan fingerprint density at radius 1 is 0.365 bits per heavy atom. The highest BCUT2D eigenvalue weighted by molar-refractivity contribution is 7.45. The highest BCUT2D eigenvalue weighted by atomic mass is 31.2. The number of likely N-dealkylation sites (N-methyl/N-ethyl adjacent to an activating group) is 1. The maximum Gasteiger partial charge on any atom is 0.306 e. The second-order valence-corrected chi connectivity index (χ2v) is 28.4. The van der Waals surface area contributed by atoms with Crippen molar-refractivity contribution in [3.05, 3.63) is 24.3 Å². The fourth-order valence-electron chi connectivity index (χ4n) is 11.5. The Hall–Kier alpha value is -1.51. The molecule has 0 aromatic carbocycles. The van der Waals surface area contributed by atoms with Crippen LogP contribution in [0.25, 0.3) is 0 Å². The van der Waals surface area contributed by atoms with Crippen molar-refractivity contribution in [3.8, 4) is 0 Å². The van der Waals surface area contributed by atoms with Crippen LogP contribution >= 0.6 is 7.82 Å². The van der Waals surface area contributed by atoms with E-state index < -0.39 is 26.5 Å². The minimum absolute atomic E-state index is 0.0260. The molecule has 0 fully saturated rings. The average Bonchev–Trinajstić information content (AvgIpc) is 3.50. The summed E-state index contributed by atoms with van der Waals surface area (Å²) < 4.78 is 34.4. The summed E-state index contributed by atoms with van der Waals surface area (Å²) in [6, 6.07) is 0. The molecule has 0 saturated heterocycles. The Labute approximate surface area is 529 Å². The van der Waals surface area contributed by atoms with Crippen LogP contribution in [-0.4, -0.2) is 70.0 Å². The number of phosphoric acid groups is 1. The van der Waals surface area contributed by atoms with Gasteiger partial charge >= 0.3 is 11.9 Å². The van der Waals surface area contributed by atoms with Gasteiger partial charge in [-0.1, -0.05) is 359 Å². The average molecular weight is 1220 g/mol. The lowest BCUT2D eigenvalue weighted by atomic mass is 10.0. The van der Waals surface area contributed by atoms with E-state index in [2.05, 4.69) is 38.2 Å². The van der Waals surface area contributed by atoms with E-state index in [1.807, 2.05) is 21.1 Å². The molecular weight excluding hydrogens is 1070 g/mol. The molecule has 0 heterocycles. The van der Waals surface area contributed by atoms with E-state index in [4.69, 9.17) is 18.5 Å². The first-order valence-corrected chi connectivity index (χ1v) is 39.0. The number of allylic oxidation sites excluding steroid dienone is 4. The van der Waals surface area contributed by atoms with E-state index in [-0.39, 0.29) is 32.0 Å². The number of ether oxygens (including phenoxy) is 2. The number of esters is 2. The zero-order valence-electron chi connectivity index (χ0n) is 57.6. The van der Waals surface area contributed by atoms with Gasteiger partial charge in [0, 0.05) is 12.8 Å². The van der Waals surface area contributed by atoms with Crippen LogP contribution in [0.1, 0.15) is 393 Å². The van der Waals surface area contributed by atoms with Crippen molar-refractivity contribution < 1.29 is 42.1 Å². The summed E-state index contributed by atoms with van der Waals surface area (Å²) >= 11 is 0. The number of rotatable bonds is 71. The van der Waals surface area contributed by atoms with Crippen molar-refractivity contribution in [2.45, 2.75) is 399 Å². The molecule has 9 nitrogen and oxygen atoms in total. The van der Waals surface area contributed by atoms with E-state index in [0.29, 0.717) is 17.4 Å². The molecule has 0 radical (unpaired) electrons. The molecule has 2 atom stereocenters. The molecule has 10 heteroatoms. The fourth-order valence-corrected chi connectivity index (χ4v) is 12.2. The Morgan fingerprint density at radius 3 is 0.929 bits per heavy atom. The smallest absolute Gasteiger partial charge is 0.306 e. The zero-order chi connectivity index (χ0) is 61.9. The van der Waals surface area contributed by atoms with Gasteiger partial charge in [0.15, 0.2) is 6.10 Å². The number of nitrogens with zero attached hydrogens (tertiary/aromatic N) is 1. The highest BCUT2D eigenvalue weighted by Crippen LogP contribution is 2.38. The fraction of sp³-hybridized carbons (Fsp3) is 0.920. The maximum atomic E-state index is 12.9. The molecule has 504 valence electrons. The van der Waals surface area contributed by atoms with Crippen molar-refractivity contribution in [1.82, 2.24) is 0 Å². The molecule has 0 aliphatic carbocycles. The number of quaternary nitrogens is 1. The molecular formula is C75H146NO8P. The summed E-state index contributed by atoms with van der Waals surface area (Å²) in [5.41, 5.74) is 0. The Balaban J connectivity index is 3.89. The molecule has 2 unspecified atom stereocenters. The summed E-state index contributed by atoms with van der Waals surface area (Å²) in [6.45, 7) is 4.31. The van der Waals surface area contributed by atoms with Gasteiger partial charge in [-0.2, -0.15) is 0 Å². The van der Waals surface area contributed by atoms with Gasteiger partial charge in [0.25, 0.3) is 7.82 Å². The third kappa shape index (κ3) is 71.4. The molecule has 0 spiro atoms. The second kappa shape index (κ2) is 66.9. The Morgan fingerprint density at radius 2 is 0.635 bits per heavy atom. The van der Waals surface area contributed by atoms with Gasteiger partial charge in [0.1, 0.15) is 19.8 Å². The first-order valence-electron chi connectivity index (χ1n) is 37.5. The summed E-state index contributed by atoms with van der Waals surface area (Å²) in [7, 11) is 1.19. The number of phosphoric ester groups is 1. The zero-order valence-corrected chi connectivity index (χ0v) is 58.5. The van der Waals surface area contributed by atoms with E-state index in [0.717, 1.165) is 38.5 Å². The van der Waals surface area contributed by atoms with Crippen LogP contribution in [-0.2, 0) is 32.7 Å². The number of unbranched alkanes of at least 4 members (excludes halogenated alkanes) is 53. The molecule has 0 amide bonds. The Bertz CT molecular complexity index is 1480. The predicted molar refractivity (Wildman–Crippen MR) is 365 cm³/mol. The van der Waals surface area contributed by atoms with Gasteiger partial charge in [-0.25, -0.2) is 0 Å². The molecule has 0 saturated carbocycles. The SMILES string of the molecule is CCCCCCC/C=C\C/C=C\CCCCCCCCCCCCCCCCCCCCCCCCCCCCCC(=O)OC(COC(=O)CCCCCCCCCCCCCCCCCCCCCCCC)COP(=O)([O-])OCC[N+](C)(C)C. The predicted octanol–water partition coefficient (Wildman–Crippen LogP) is 23.8. The lowest BCUT2D eigenvalue weighted by Crippen LogP contribution is -2.37. The maximum absolute atomic E-state index is 12.9. The van der Waals surface area contributed by atoms with Crippen molar-refractivity contribution in [2.75, 3.05) is 47.5 Å². The van der Waals surface area contributed by atoms with Crippen LogP contribution in [0.3, 0.4) is 0 Å². The van der Waals surface area contributed by atoms with Crippen LogP contribution in [0.5, 0.6) is 0 Å². The van der Waals surface area contributed by atoms with Gasteiger partial charge in [-0.05, 0) is 44.9 Å². The van der Waals surface area contributed by atoms with Crippen LogP contribution < -0.4 is 4.89 Å². The van der Waals surface area contributed by atoms with Gasteiger partial charge in [-0.15, -0.1) is 0 Å². The molecule has 85 heavy (non-hydrogen) atoms. The lowest BCUT2D eigenvalue weighted by Gasteiger charge is -2.28. The van der Waals surface area contributed by atoms with Crippen LogP contribution in [0.4, 0.5) is 0 Å². The van der Waals surface area contributed by atoms with E-state index in [1.165, 1.54) is 321 Å². The second-order valence-electron chi connectivity index (χ2n) is 27.0. The topological polar surface area (TPSA) is 111 Å². The summed E-state index contributed by atoms with van der Waals surface area (Å²) in [6.07, 6.45) is 84.3. The van der Waals surface area contributed by atoms with Crippen molar-refractivity contribution in [1.29, 1.82) is 0 Å². The van der Waals surface area contributed by atoms with Gasteiger partial charge in [0.2, 0.25) is 0 Å². The quantitative estimate of drug-likeness (QED) is 0.0195. The van der Waals surface area contributed by atoms with Crippen LogP contribution in [0.15, 0.2) is 24.3 Å². The minimum atomic E-state index is -4.64. The van der Waals surface area contributed by atoms with Crippen molar-refractivity contribution in [3.63, 3.8) is 0 Å². The largest absolute Gasteiger partial charge is 0.756 e. The summed E-state index contributed by atoms with van der Waals surface area (Å²) in [4.78, 5) is 38.1. The minimum Gasteiger partial charge on any atom is -0.756 e. The van der Waals surface area contributed by atoms with E-state index >= 15 is 0 Å². The number of hydrogen-bond donors (Lipinski definition) is 0. The van der Waals surface area contributed by atoms with Crippen molar-refractivity contribution >= 4 is 19.8 Å². The molecule has 0 bridgehead atoms. The van der Waals surface area contributed by atoms with E-state index in [9.17, 15) is 19.0 Å². The van der Waals surface area contributed by atoms with Crippen molar-refractivity contribution in [2.24, 2.45) is 0 Å². The van der Waals surface area contributed by atoms with E-state index in [1.54, 1.807) is 0 Å². The Kier molecular flexibility index (Phi) is 65.7. The van der Waals surface area contributed by atoms with Crippen LogP contribution in [0.2, 0.25) is 0 Å². The third-order valence-electron chi connectivity index (χ3n) is 17.2. The first kappa shape index (κ1) is 83.5. The number of carbonyl (C=O) groups is 2. The molecule has 0 aliphatic heterocycles. The lowest BCUT2D eigenvalue weighted by molar-refractivity contribution is -0.870. The third-order valence-corrected chi connectivity index (χ3v) is 18.2. The standard InChI is InChI=1S/C75H146NO8P/c1-6-8-10-12-14-16-18-20-22-24-26-28-30-31-32-33-34-35-36-37-38-39-40-41-42-43-44-45-46-48-50-52-54-56-58-60-62-64-66-68-75(78)84-73(72-83-85(79,80)82-70-69-76(3,4)5)71-81-74(77)67-65-63-61-59-57-55-53-51-49-47-29-27-25-23-21-19-17-15-13-11-9-7-2/h18,20,24,26,73H,6-17,19,21-23,25,27-72H2,1-5H3/b20-18-,26-24-. The normalized spacial score (nSPS) is 13.2. The summed E-state index contributed by atoms with van der Waals surface area (Å²) in [5, 5.41) is 0. The first-order chi connectivity index (χ1) is 41.5. The monoisotopic (exact) mass is 1220 g/mol. The molecule has 0 N–H and O–H groups in total. The highest BCUT2D eigenvalue weighted by Gasteiger charge is 2.22. The molecule has 0 aromatic rings. The molecule has 0 aromatic heterocycles. The number of carbonyl (C=O) groups excluding carboxylic acids is 2. The van der Waals surface area contributed by atoms with Gasteiger partial charge in [0.05, 0.1) is 27.7 Å². The van der Waals surface area contributed by atoms with Gasteiger partial charge in [-0.3, -0.25) is 14.2 Å².